The van der Waals surface area contributed by atoms with Crippen LogP contribution in [-0.4, -0.2) is 47.4 Å². The summed E-state index contributed by atoms with van der Waals surface area (Å²) in [5.41, 5.74) is 0. The SMILES string of the molecule is CCCC/C=C\C/C=C\CCCCCCCC(=O)OCCCCCCCCCCCCCC/C=C\CCCCCCCCCCCCCC(=O)NC(CO)C(O)CCCCCCCCCCCCCCCCCC. The Bertz CT molecular complexity index is 1200. The number of unbranched alkanes of at least 4 members (excludes halogenated alkanes) is 45. The normalized spacial score (nSPS) is 12.8. The number of carbonyl (C=O) groups is 2. The summed E-state index contributed by atoms with van der Waals surface area (Å²) in [5.74, 6) is -0.0329. The lowest BCUT2D eigenvalue weighted by atomic mass is 10.0. The van der Waals surface area contributed by atoms with Crippen LogP contribution in [0, 0.1) is 0 Å². The first-order chi connectivity index (χ1) is 36.5. The van der Waals surface area contributed by atoms with Gasteiger partial charge in [0.2, 0.25) is 5.91 Å². The van der Waals surface area contributed by atoms with Gasteiger partial charge in [-0.3, -0.25) is 9.59 Å². The van der Waals surface area contributed by atoms with E-state index in [0.29, 0.717) is 25.9 Å². The molecule has 0 spiro atoms. The van der Waals surface area contributed by atoms with E-state index in [0.717, 1.165) is 51.4 Å². The molecule has 1 amide bonds. The first-order valence-corrected chi connectivity index (χ1v) is 33.2. The highest BCUT2D eigenvalue weighted by Gasteiger charge is 2.20. The molecule has 6 nitrogen and oxygen atoms in total. The van der Waals surface area contributed by atoms with Crippen LogP contribution in [0.5, 0.6) is 0 Å². The number of carbonyl (C=O) groups excluding carboxylic acids is 2. The van der Waals surface area contributed by atoms with Gasteiger partial charge in [0.05, 0.1) is 25.4 Å². The molecule has 0 bridgehead atoms. The van der Waals surface area contributed by atoms with Crippen molar-refractivity contribution in [2.75, 3.05) is 13.2 Å². The lowest BCUT2D eigenvalue weighted by Gasteiger charge is -2.22. The van der Waals surface area contributed by atoms with Crippen molar-refractivity contribution in [2.45, 2.75) is 373 Å². The molecule has 2 atom stereocenters. The molecule has 3 N–H and O–H groups in total. The Morgan fingerprint density at radius 2 is 0.689 bits per heavy atom. The Hall–Kier alpha value is -1.92. The van der Waals surface area contributed by atoms with E-state index in [9.17, 15) is 19.8 Å². The highest BCUT2D eigenvalue weighted by atomic mass is 16.5. The van der Waals surface area contributed by atoms with Crippen molar-refractivity contribution in [1.82, 2.24) is 5.32 Å². The van der Waals surface area contributed by atoms with Crippen molar-refractivity contribution < 1.29 is 24.5 Å². The maximum absolute atomic E-state index is 12.5. The first kappa shape index (κ1) is 72.1. The maximum atomic E-state index is 12.5. The summed E-state index contributed by atoms with van der Waals surface area (Å²) >= 11 is 0. The van der Waals surface area contributed by atoms with Crippen molar-refractivity contribution in [2.24, 2.45) is 0 Å². The molecule has 74 heavy (non-hydrogen) atoms. The molecule has 0 aromatic carbocycles. The topological polar surface area (TPSA) is 95.9 Å². The molecule has 0 heterocycles. The molecular formula is C68H129NO5. The van der Waals surface area contributed by atoms with Crippen LogP contribution >= 0.6 is 0 Å². The zero-order chi connectivity index (χ0) is 53.6. The zero-order valence-electron chi connectivity index (χ0n) is 49.8. The van der Waals surface area contributed by atoms with Crippen molar-refractivity contribution in [3.63, 3.8) is 0 Å². The fourth-order valence-corrected chi connectivity index (χ4v) is 10.3. The molecule has 0 rings (SSSR count). The number of aliphatic hydroxyl groups excluding tert-OH is 2. The summed E-state index contributed by atoms with van der Waals surface area (Å²) in [6.45, 7) is 4.93. The lowest BCUT2D eigenvalue weighted by molar-refractivity contribution is -0.143. The van der Waals surface area contributed by atoms with Gasteiger partial charge in [-0.05, 0) is 77.0 Å². The van der Waals surface area contributed by atoms with E-state index >= 15 is 0 Å². The van der Waals surface area contributed by atoms with Gasteiger partial charge < -0.3 is 20.3 Å². The number of ether oxygens (including phenoxy) is 1. The predicted octanol–water partition coefficient (Wildman–Crippen LogP) is 21.1. The van der Waals surface area contributed by atoms with Crippen LogP contribution in [0.25, 0.3) is 0 Å². The van der Waals surface area contributed by atoms with E-state index in [1.54, 1.807) is 0 Å². The summed E-state index contributed by atoms with van der Waals surface area (Å²) in [5, 5.41) is 23.3. The highest BCUT2D eigenvalue weighted by molar-refractivity contribution is 5.76. The van der Waals surface area contributed by atoms with E-state index < -0.39 is 12.1 Å². The van der Waals surface area contributed by atoms with Crippen LogP contribution < -0.4 is 5.32 Å². The third-order valence-corrected chi connectivity index (χ3v) is 15.4. The van der Waals surface area contributed by atoms with E-state index in [4.69, 9.17) is 4.74 Å². The third kappa shape index (κ3) is 59.3. The first-order valence-electron chi connectivity index (χ1n) is 33.2. The second-order valence-electron chi connectivity index (χ2n) is 22.8. The van der Waals surface area contributed by atoms with Crippen molar-refractivity contribution in [3.05, 3.63) is 36.5 Å². The molecule has 0 saturated heterocycles. The standard InChI is InChI=1S/C68H129NO5/c1-3-5-7-9-11-13-15-17-19-33-36-40-44-48-52-56-60-66(71)65(64-70)69-67(72)61-57-53-49-45-41-37-34-31-29-27-25-23-21-20-22-24-26-28-30-32-35-39-43-47-51-55-59-63-74-68(73)62-58-54-50-46-42-38-18-16-14-12-10-8-6-4-2/h10,12,16,18,20-21,65-66,70-71H,3-9,11,13-15,17,19,22-64H2,1-2H3,(H,69,72)/b12-10-,18-16-,21-20-. The molecule has 0 aromatic heterocycles. The summed E-state index contributed by atoms with van der Waals surface area (Å²) in [6, 6.07) is -0.542. The average Bonchev–Trinajstić information content (AvgIpc) is 3.40. The van der Waals surface area contributed by atoms with Gasteiger partial charge >= 0.3 is 5.97 Å². The van der Waals surface area contributed by atoms with Crippen molar-refractivity contribution in [3.8, 4) is 0 Å². The molecule has 0 aliphatic carbocycles. The molecule has 0 aromatic rings. The van der Waals surface area contributed by atoms with E-state index in [1.807, 2.05) is 0 Å². The molecule has 436 valence electrons. The molecule has 2 unspecified atom stereocenters. The number of esters is 1. The lowest BCUT2D eigenvalue weighted by Crippen LogP contribution is -2.45. The van der Waals surface area contributed by atoms with E-state index in [-0.39, 0.29) is 18.5 Å². The Labute approximate surface area is 462 Å². The van der Waals surface area contributed by atoms with Gasteiger partial charge in [-0.2, -0.15) is 0 Å². The molecule has 0 aliphatic rings. The van der Waals surface area contributed by atoms with Gasteiger partial charge in [0.25, 0.3) is 0 Å². The van der Waals surface area contributed by atoms with Gasteiger partial charge in [0.15, 0.2) is 0 Å². The Morgan fingerprint density at radius 3 is 1.08 bits per heavy atom. The van der Waals surface area contributed by atoms with Crippen LogP contribution in [0.4, 0.5) is 0 Å². The van der Waals surface area contributed by atoms with Crippen LogP contribution in [0.15, 0.2) is 36.5 Å². The van der Waals surface area contributed by atoms with Gasteiger partial charge in [0.1, 0.15) is 0 Å². The summed E-state index contributed by atoms with van der Waals surface area (Å²) in [7, 11) is 0. The van der Waals surface area contributed by atoms with Gasteiger partial charge in [-0.1, -0.05) is 307 Å². The maximum Gasteiger partial charge on any atom is 0.305 e. The van der Waals surface area contributed by atoms with Gasteiger partial charge in [-0.15, -0.1) is 0 Å². The molecule has 0 fully saturated rings. The summed E-state index contributed by atoms with van der Waals surface area (Å²) < 4.78 is 5.48. The largest absolute Gasteiger partial charge is 0.466 e. The fraction of sp³-hybridized carbons (Fsp3) is 0.882. The van der Waals surface area contributed by atoms with Crippen LogP contribution in [0.2, 0.25) is 0 Å². The highest BCUT2D eigenvalue weighted by Crippen LogP contribution is 2.18. The second kappa shape index (κ2) is 63.6. The Kier molecular flexibility index (Phi) is 62.0. The number of hydrogen-bond acceptors (Lipinski definition) is 5. The fourth-order valence-electron chi connectivity index (χ4n) is 10.3. The monoisotopic (exact) mass is 1040 g/mol. The molecule has 0 radical (unpaired) electrons. The molecule has 6 heteroatoms. The zero-order valence-corrected chi connectivity index (χ0v) is 49.8. The molecule has 0 saturated carbocycles. The minimum absolute atomic E-state index is 0.000640. The predicted molar refractivity (Wildman–Crippen MR) is 324 cm³/mol. The number of amides is 1. The Morgan fingerprint density at radius 1 is 0.378 bits per heavy atom. The minimum Gasteiger partial charge on any atom is -0.466 e. The number of hydrogen-bond donors (Lipinski definition) is 3. The third-order valence-electron chi connectivity index (χ3n) is 15.4. The Balaban J connectivity index is 3.39. The number of aliphatic hydroxyl groups is 2. The summed E-state index contributed by atoms with van der Waals surface area (Å²) in [6.07, 6.45) is 80.3. The number of rotatable bonds is 62. The van der Waals surface area contributed by atoms with Gasteiger partial charge in [0, 0.05) is 12.8 Å². The van der Waals surface area contributed by atoms with Crippen LogP contribution in [-0.2, 0) is 14.3 Å². The van der Waals surface area contributed by atoms with E-state index in [2.05, 4.69) is 55.6 Å². The van der Waals surface area contributed by atoms with Crippen molar-refractivity contribution >= 4 is 11.9 Å². The molecular weight excluding hydrogens is 911 g/mol. The smallest absolute Gasteiger partial charge is 0.305 e. The van der Waals surface area contributed by atoms with Gasteiger partial charge in [-0.25, -0.2) is 0 Å². The summed E-state index contributed by atoms with van der Waals surface area (Å²) in [4.78, 5) is 24.5. The minimum atomic E-state index is -0.665. The van der Waals surface area contributed by atoms with Crippen LogP contribution in [0.3, 0.4) is 0 Å². The number of nitrogens with one attached hydrogen (secondary N) is 1. The van der Waals surface area contributed by atoms with E-state index in [1.165, 1.54) is 276 Å². The molecule has 0 aliphatic heterocycles. The second-order valence-corrected chi connectivity index (χ2v) is 22.8. The number of allylic oxidation sites excluding steroid dienone is 6. The average molecular weight is 1040 g/mol. The van der Waals surface area contributed by atoms with Crippen molar-refractivity contribution in [1.29, 1.82) is 0 Å². The van der Waals surface area contributed by atoms with Crippen LogP contribution in [0.1, 0.15) is 361 Å². The quantitative estimate of drug-likeness (QED) is 0.0320.